The Morgan fingerprint density at radius 2 is 1.94 bits per heavy atom. The predicted molar refractivity (Wildman–Crippen MR) is 126 cm³/mol. The number of amides is 1. The molecule has 3 aromatic rings. The molecule has 33 heavy (non-hydrogen) atoms. The van der Waals surface area contributed by atoms with Crippen molar-refractivity contribution in [2.75, 3.05) is 26.3 Å². The molecule has 172 valence electrons. The van der Waals surface area contributed by atoms with Crippen molar-refractivity contribution in [3.05, 3.63) is 46.0 Å². The minimum absolute atomic E-state index is 0.0699. The number of H-pyrrole nitrogens is 1. The predicted octanol–water partition coefficient (Wildman–Crippen LogP) is 3.95. The second-order valence-electron chi connectivity index (χ2n) is 8.11. The first-order valence-electron chi connectivity index (χ1n) is 11.0. The van der Waals surface area contributed by atoms with Gasteiger partial charge in [0.1, 0.15) is 13.2 Å². The minimum atomic E-state index is -0.0930. The number of piperidine rings is 1. The van der Waals surface area contributed by atoms with Gasteiger partial charge in [-0.1, -0.05) is 6.07 Å². The van der Waals surface area contributed by atoms with Crippen LogP contribution in [0.25, 0.3) is 10.7 Å². The smallest absolute Gasteiger partial charge is 0.224 e. The number of rotatable bonds is 6. The van der Waals surface area contributed by atoms with Crippen molar-refractivity contribution in [3.8, 4) is 22.2 Å². The molecular weight excluding hydrogens is 460 g/mol. The van der Waals surface area contributed by atoms with Crippen LogP contribution in [0.5, 0.6) is 11.5 Å². The summed E-state index contributed by atoms with van der Waals surface area (Å²) in [5.41, 5.74) is 0.638. The lowest BCUT2D eigenvalue weighted by molar-refractivity contribution is -0.132. The SMILES string of the molecule is O=C(c1ccc2c(c1)OCCO2)C1CCN(C(=O)CCn2c(-c3cccs3)n[nH]c2=S)CC1. The van der Waals surface area contributed by atoms with E-state index in [1.54, 1.807) is 29.5 Å². The van der Waals surface area contributed by atoms with Gasteiger partial charge in [0, 0.05) is 37.5 Å². The highest BCUT2D eigenvalue weighted by Crippen LogP contribution is 2.32. The van der Waals surface area contributed by atoms with E-state index >= 15 is 0 Å². The number of ketones is 1. The molecule has 1 N–H and O–H groups in total. The number of Topliss-reactive ketones (excluding diaryl/α,β-unsaturated/α-hetero) is 1. The van der Waals surface area contributed by atoms with Crippen LogP contribution in [0.3, 0.4) is 0 Å². The Bertz CT molecular complexity index is 1210. The molecule has 10 heteroatoms. The molecule has 1 amide bonds. The molecule has 8 nitrogen and oxygen atoms in total. The number of aromatic amines is 1. The summed E-state index contributed by atoms with van der Waals surface area (Å²) in [4.78, 5) is 28.7. The van der Waals surface area contributed by atoms with Gasteiger partial charge >= 0.3 is 0 Å². The zero-order valence-corrected chi connectivity index (χ0v) is 19.6. The number of thiophene rings is 1. The first-order chi connectivity index (χ1) is 16.1. The van der Waals surface area contributed by atoms with Gasteiger partial charge in [-0.25, -0.2) is 0 Å². The highest BCUT2D eigenvalue weighted by Gasteiger charge is 2.29. The molecule has 0 unspecified atom stereocenters. The number of nitrogens with zero attached hydrogens (tertiary/aromatic N) is 3. The van der Waals surface area contributed by atoms with Gasteiger partial charge in [0.05, 0.1) is 4.88 Å². The van der Waals surface area contributed by atoms with Gasteiger partial charge in [0.15, 0.2) is 27.9 Å². The third kappa shape index (κ3) is 4.58. The molecule has 0 atom stereocenters. The monoisotopic (exact) mass is 484 g/mol. The zero-order chi connectivity index (χ0) is 22.8. The number of benzene rings is 1. The van der Waals surface area contributed by atoms with Gasteiger partial charge in [0.25, 0.3) is 0 Å². The van der Waals surface area contributed by atoms with E-state index in [-0.39, 0.29) is 17.6 Å². The number of nitrogens with one attached hydrogen (secondary N) is 1. The Morgan fingerprint density at radius 1 is 1.15 bits per heavy atom. The number of fused-ring (bicyclic) bond motifs is 1. The van der Waals surface area contributed by atoms with Crippen molar-refractivity contribution in [2.45, 2.75) is 25.8 Å². The fraction of sp³-hybridized carbons (Fsp3) is 0.391. The molecule has 0 radical (unpaired) electrons. The highest BCUT2D eigenvalue weighted by atomic mass is 32.1. The number of ether oxygens (including phenoxy) is 2. The molecule has 1 fully saturated rings. The van der Waals surface area contributed by atoms with Crippen molar-refractivity contribution in [3.63, 3.8) is 0 Å². The molecule has 5 rings (SSSR count). The maximum Gasteiger partial charge on any atom is 0.224 e. The van der Waals surface area contributed by atoms with Crippen molar-refractivity contribution in [2.24, 2.45) is 5.92 Å². The van der Waals surface area contributed by atoms with E-state index < -0.39 is 0 Å². The van der Waals surface area contributed by atoms with Crippen LogP contribution >= 0.6 is 23.6 Å². The number of aromatic nitrogens is 3. The number of hydrogen-bond acceptors (Lipinski definition) is 7. The van der Waals surface area contributed by atoms with Gasteiger partial charge < -0.3 is 14.4 Å². The van der Waals surface area contributed by atoms with Gasteiger partial charge in [-0.3, -0.25) is 19.3 Å². The Kier molecular flexibility index (Phi) is 6.28. The Balaban J connectivity index is 1.16. The van der Waals surface area contributed by atoms with Crippen LogP contribution in [0.1, 0.15) is 29.6 Å². The average Bonchev–Trinajstić information content (AvgIpc) is 3.51. The van der Waals surface area contributed by atoms with Crippen molar-refractivity contribution in [1.82, 2.24) is 19.7 Å². The van der Waals surface area contributed by atoms with Crippen LogP contribution in [0.4, 0.5) is 0 Å². The third-order valence-corrected chi connectivity index (χ3v) is 7.27. The Labute approximate surface area is 200 Å². The van der Waals surface area contributed by atoms with Gasteiger partial charge in [-0.05, 0) is 54.7 Å². The number of likely N-dealkylation sites (tertiary alicyclic amines) is 1. The van der Waals surface area contributed by atoms with Crippen LogP contribution in [-0.4, -0.2) is 57.7 Å². The third-order valence-electron chi connectivity index (χ3n) is 6.09. The molecule has 0 spiro atoms. The second kappa shape index (κ2) is 9.48. The van der Waals surface area contributed by atoms with E-state index in [2.05, 4.69) is 10.2 Å². The summed E-state index contributed by atoms with van der Waals surface area (Å²) >= 11 is 6.94. The standard InChI is InChI=1S/C23H24N4O4S2/c28-20(7-10-27-22(24-25-23(27)32)19-2-1-13-33-19)26-8-5-15(6-9-26)21(29)16-3-4-17-18(14-16)31-12-11-30-17/h1-4,13-15H,5-12H2,(H,25,32). The quantitative estimate of drug-likeness (QED) is 0.421. The van der Waals surface area contributed by atoms with E-state index in [0.717, 1.165) is 10.7 Å². The molecule has 1 aromatic carbocycles. The van der Waals surface area contributed by atoms with Gasteiger partial charge in [-0.15, -0.1) is 11.3 Å². The summed E-state index contributed by atoms with van der Waals surface area (Å²) in [6, 6.07) is 9.31. The maximum atomic E-state index is 13.0. The Morgan fingerprint density at radius 3 is 2.70 bits per heavy atom. The summed E-state index contributed by atoms with van der Waals surface area (Å²) in [6.45, 7) is 2.64. The topological polar surface area (TPSA) is 89.4 Å². The average molecular weight is 485 g/mol. The zero-order valence-electron chi connectivity index (χ0n) is 18.0. The molecule has 0 saturated carbocycles. The largest absolute Gasteiger partial charge is 0.486 e. The van der Waals surface area contributed by atoms with Crippen molar-refractivity contribution < 1.29 is 19.1 Å². The summed E-state index contributed by atoms with van der Waals surface area (Å²) in [7, 11) is 0. The molecule has 0 aliphatic carbocycles. The lowest BCUT2D eigenvalue weighted by atomic mass is 9.88. The van der Waals surface area contributed by atoms with Crippen LogP contribution in [0, 0.1) is 10.7 Å². The van der Waals surface area contributed by atoms with E-state index in [1.807, 2.05) is 27.0 Å². The Hall–Kier alpha value is -2.98. The summed E-state index contributed by atoms with van der Waals surface area (Å²) in [6.07, 6.45) is 1.65. The molecule has 2 aliphatic heterocycles. The van der Waals surface area contributed by atoms with Gasteiger partial charge in [-0.2, -0.15) is 5.10 Å². The molecule has 2 aromatic heterocycles. The maximum absolute atomic E-state index is 13.0. The summed E-state index contributed by atoms with van der Waals surface area (Å²) in [5, 5.41) is 9.12. The normalized spacial score (nSPS) is 16.1. The molecule has 4 heterocycles. The fourth-order valence-corrected chi connectivity index (χ4v) is 5.25. The van der Waals surface area contributed by atoms with Crippen LogP contribution in [-0.2, 0) is 11.3 Å². The molecule has 2 aliphatic rings. The lowest BCUT2D eigenvalue weighted by Crippen LogP contribution is -2.40. The number of hydrogen-bond donors (Lipinski definition) is 1. The van der Waals surface area contributed by atoms with Crippen molar-refractivity contribution >= 4 is 35.2 Å². The number of carbonyl (C=O) groups excluding carboxylic acids is 2. The molecular formula is C23H24N4O4S2. The van der Waals surface area contributed by atoms with E-state index in [4.69, 9.17) is 21.7 Å². The lowest BCUT2D eigenvalue weighted by Gasteiger charge is -2.31. The summed E-state index contributed by atoms with van der Waals surface area (Å²) in [5.74, 6) is 2.14. The number of carbonyl (C=O) groups is 2. The second-order valence-corrected chi connectivity index (χ2v) is 9.44. The van der Waals surface area contributed by atoms with Crippen LogP contribution in [0.15, 0.2) is 35.7 Å². The summed E-state index contributed by atoms with van der Waals surface area (Å²) < 4.78 is 13.5. The molecule has 0 bridgehead atoms. The molecule has 1 saturated heterocycles. The first-order valence-corrected chi connectivity index (χ1v) is 12.3. The minimum Gasteiger partial charge on any atom is -0.486 e. The van der Waals surface area contributed by atoms with E-state index in [0.29, 0.717) is 73.9 Å². The highest BCUT2D eigenvalue weighted by molar-refractivity contribution is 7.71. The van der Waals surface area contributed by atoms with E-state index in [1.165, 1.54) is 0 Å². The first kappa shape index (κ1) is 21.8. The van der Waals surface area contributed by atoms with Crippen molar-refractivity contribution in [1.29, 1.82) is 0 Å². The van der Waals surface area contributed by atoms with Gasteiger partial charge in [0.2, 0.25) is 5.91 Å². The van der Waals surface area contributed by atoms with Crippen LogP contribution in [0.2, 0.25) is 0 Å². The fourth-order valence-electron chi connectivity index (χ4n) is 4.31. The van der Waals surface area contributed by atoms with Crippen LogP contribution < -0.4 is 9.47 Å². The van der Waals surface area contributed by atoms with E-state index in [9.17, 15) is 9.59 Å².